The minimum atomic E-state index is -0.870. The van der Waals surface area contributed by atoms with Crippen molar-refractivity contribution in [3.05, 3.63) is 95.1 Å². The van der Waals surface area contributed by atoms with Gasteiger partial charge < -0.3 is 24.6 Å². The second-order valence-corrected chi connectivity index (χ2v) is 10.5. The number of aromatic hydroxyl groups is 1. The summed E-state index contributed by atoms with van der Waals surface area (Å²) in [5, 5.41) is 21.2. The van der Waals surface area contributed by atoms with E-state index in [4.69, 9.17) is 9.47 Å². The SMILES string of the molecule is CC(C)Oc1ccc(/C(O)=C2\C(=O)C(=O)N(Cc3ccccc3OC(C)(C)C)C2c2ccc(O)cc2)cc1. The third kappa shape index (κ3) is 5.83. The molecule has 7 heteroatoms. The second kappa shape index (κ2) is 10.6. The van der Waals surface area contributed by atoms with E-state index in [1.165, 1.54) is 17.0 Å². The van der Waals surface area contributed by atoms with Gasteiger partial charge in [0.25, 0.3) is 11.7 Å². The Hall–Kier alpha value is -4.26. The highest BCUT2D eigenvalue weighted by atomic mass is 16.5. The highest BCUT2D eigenvalue weighted by molar-refractivity contribution is 6.46. The topological polar surface area (TPSA) is 96.3 Å². The number of hydrogen-bond acceptors (Lipinski definition) is 6. The Morgan fingerprint density at radius 3 is 2.18 bits per heavy atom. The number of phenols is 1. The second-order valence-electron chi connectivity index (χ2n) is 10.5. The molecule has 1 unspecified atom stereocenters. The summed E-state index contributed by atoms with van der Waals surface area (Å²) >= 11 is 0. The third-order valence-corrected chi connectivity index (χ3v) is 5.98. The number of amides is 1. The zero-order valence-corrected chi connectivity index (χ0v) is 22.3. The molecule has 0 radical (unpaired) electrons. The van der Waals surface area contributed by atoms with Gasteiger partial charge in [0, 0.05) is 11.1 Å². The van der Waals surface area contributed by atoms with Gasteiger partial charge in [-0.15, -0.1) is 0 Å². The van der Waals surface area contributed by atoms with Crippen LogP contribution in [0, 0.1) is 0 Å². The van der Waals surface area contributed by atoms with Crippen LogP contribution in [0.2, 0.25) is 0 Å². The minimum absolute atomic E-state index is 0.0144. The van der Waals surface area contributed by atoms with Crippen LogP contribution >= 0.6 is 0 Å². The molecule has 3 aromatic carbocycles. The molecule has 38 heavy (non-hydrogen) atoms. The summed E-state index contributed by atoms with van der Waals surface area (Å²) in [7, 11) is 0. The van der Waals surface area contributed by atoms with Crippen molar-refractivity contribution in [1.82, 2.24) is 4.90 Å². The van der Waals surface area contributed by atoms with Crippen LogP contribution in [0.4, 0.5) is 0 Å². The molecule has 1 saturated heterocycles. The van der Waals surface area contributed by atoms with E-state index in [2.05, 4.69) is 0 Å². The minimum Gasteiger partial charge on any atom is -0.508 e. The molecule has 198 valence electrons. The van der Waals surface area contributed by atoms with Crippen LogP contribution in [0.5, 0.6) is 17.2 Å². The number of carbonyl (C=O) groups is 2. The Labute approximate surface area is 222 Å². The molecule has 0 aliphatic carbocycles. The van der Waals surface area contributed by atoms with E-state index in [9.17, 15) is 19.8 Å². The van der Waals surface area contributed by atoms with Gasteiger partial charge in [-0.3, -0.25) is 9.59 Å². The van der Waals surface area contributed by atoms with Crippen molar-refractivity contribution in [3.63, 3.8) is 0 Å². The van der Waals surface area contributed by atoms with Gasteiger partial charge in [0.15, 0.2) is 0 Å². The van der Waals surface area contributed by atoms with Gasteiger partial charge in [-0.05, 0) is 82.6 Å². The first-order chi connectivity index (χ1) is 17.9. The molecule has 1 heterocycles. The molecule has 0 spiro atoms. The molecule has 0 aromatic heterocycles. The number of ketones is 1. The summed E-state index contributed by atoms with van der Waals surface area (Å²) in [4.78, 5) is 28.2. The highest BCUT2D eigenvalue weighted by Gasteiger charge is 2.46. The van der Waals surface area contributed by atoms with Crippen LogP contribution in [-0.4, -0.2) is 38.5 Å². The monoisotopic (exact) mass is 515 g/mol. The standard InChI is InChI=1S/C31H33NO6/c1-19(2)37-24-16-12-21(13-17-24)28(34)26-27(20-10-14-23(33)15-11-20)32(30(36)29(26)35)18-22-8-6-7-9-25(22)38-31(3,4)5/h6-17,19,27,33-34H,18H2,1-5H3/b28-26+. The van der Waals surface area contributed by atoms with Crippen LogP contribution in [0.15, 0.2) is 78.4 Å². The summed E-state index contributed by atoms with van der Waals surface area (Å²) in [5.74, 6) is -0.503. The number of likely N-dealkylation sites (tertiary alicyclic amines) is 1. The molecule has 1 aliphatic heterocycles. The van der Waals surface area contributed by atoms with E-state index >= 15 is 0 Å². The summed E-state index contributed by atoms with van der Waals surface area (Å²) < 4.78 is 11.8. The van der Waals surface area contributed by atoms with Crippen molar-refractivity contribution in [2.75, 3.05) is 0 Å². The van der Waals surface area contributed by atoms with Gasteiger partial charge in [0.2, 0.25) is 0 Å². The molecular formula is C31H33NO6. The largest absolute Gasteiger partial charge is 0.508 e. The van der Waals surface area contributed by atoms with Gasteiger partial charge >= 0.3 is 0 Å². The number of ether oxygens (including phenoxy) is 2. The molecule has 3 aromatic rings. The number of hydrogen-bond donors (Lipinski definition) is 2. The Balaban J connectivity index is 1.80. The quantitative estimate of drug-likeness (QED) is 0.228. The number of phenolic OH excluding ortho intramolecular Hbond substituents is 1. The Morgan fingerprint density at radius 2 is 1.58 bits per heavy atom. The maximum atomic E-state index is 13.4. The Morgan fingerprint density at radius 1 is 0.947 bits per heavy atom. The highest BCUT2D eigenvalue weighted by Crippen LogP contribution is 2.41. The van der Waals surface area contributed by atoms with Crippen molar-refractivity contribution in [2.45, 2.75) is 58.9 Å². The van der Waals surface area contributed by atoms with Gasteiger partial charge in [-0.25, -0.2) is 0 Å². The first-order valence-corrected chi connectivity index (χ1v) is 12.6. The lowest BCUT2D eigenvalue weighted by molar-refractivity contribution is -0.140. The molecule has 0 bridgehead atoms. The molecule has 4 rings (SSSR count). The normalized spacial score (nSPS) is 17.2. The lowest BCUT2D eigenvalue weighted by Crippen LogP contribution is -2.30. The van der Waals surface area contributed by atoms with Crippen LogP contribution < -0.4 is 9.47 Å². The van der Waals surface area contributed by atoms with Crippen molar-refractivity contribution < 1.29 is 29.3 Å². The van der Waals surface area contributed by atoms with E-state index in [1.54, 1.807) is 36.4 Å². The molecule has 1 fully saturated rings. The fraction of sp³-hybridized carbons (Fsp3) is 0.290. The molecule has 0 saturated carbocycles. The third-order valence-electron chi connectivity index (χ3n) is 5.98. The molecule has 1 atom stereocenters. The molecular weight excluding hydrogens is 482 g/mol. The molecule has 7 nitrogen and oxygen atoms in total. The Kier molecular flexibility index (Phi) is 7.49. The van der Waals surface area contributed by atoms with Crippen molar-refractivity contribution in [2.24, 2.45) is 0 Å². The first-order valence-electron chi connectivity index (χ1n) is 12.6. The zero-order chi connectivity index (χ0) is 27.6. The number of aliphatic hydroxyl groups is 1. The summed E-state index contributed by atoms with van der Waals surface area (Å²) in [6.07, 6.45) is -0.0144. The predicted molar refractivity (Wildman–Crippen MR) is 145 cm³/mol. The van der Waals surface area contributed by atoms with E-state index < -0.39 is 23.3 Å². The maximum Gasteiger partial charge on any atom is 0.295 e. The van der Waals surface area contributed by atoms with Crippen LogP contribution in [0.1, 0.15) is 57.4 Å². The number of carbonyl (C=O) groups excluding carboxylic acids is 2. The number of rotatable bonds is 7. The van der Waals surface area contributed by atoms with Crippen LogP contribution in [0.25, 0.3) is 5.76 Å². The number of nitrogens with zero attached hydrogens (tertiary/aromatic N) is 1. The zero-order valence-electron chi connectivity index (χ0n) is 22.3. The lowest BCUT2D eigenvalue weighted by Gasteiger charge is -2.28. The average molecular weight is 516 g/mol. The van der Waals surface area contributed by atoms with E-state index in [0.29, 0.717) is 22.6 Å². The van der Waals surface area contributed by atoms with Crippen molar-refractivity contribution in [1.29, 1.82) is 0 Å². The Bertz CT molecular complexity index is 1350. The smallest absolute Gasteiger partial charge is 0.295 e. The predicted octanol–water partition coefficient (Wildman–Crippen LogP) is 5.98. The molecule has 1 aliphatic rings. The van der Waals surface area contributed by atoms with Gasteiger partial charge in [0.05, 0.1) is 24.3 Å². The summed E-state index contributed by atoms with van der Waals surface area (Å²) in [6.45, 7) is 9.72. The van der Waals surface area contributed by atoms with Crippen LogP contribution in [-0.2, 0) is 16.1 Å². The fourth-order valence-electron chi connectivity index (χ4n) is 4.41. The summed E-state index contributed by atoms with van der Waals surface area (Å²) in [6, 6.07) is 19.5. The molecule has 1 amide bonds. The van der Waals surface area contributed by atoms with Gasteiger partial charge in [-0.1, -0.05) is 30.3 Å². The number of para-hydroxylation sites is 1. The van der Waals surface area contributed by atoms with E-state index in [-0.39, 0.29) is 29.7 Å². The first kappa shape index (κ1) is 26.8. The van der Waals surface area contributed by atoms with Crippen molar-refractivity contribution >= 4 is 17.4 Å². The summed E-state index contributed by atoms with van der Waals surface area (Å²) in [5.41, 5.74) is 1.21. The fourth-order valence-corrected chi connectivity index (χ4v) is 4.41. The number of Topliss-reactive ketones (excluding diaryl/α,β-unsaturated/α-hetero) is 1. The maximum absolute atomic E-state index is 13.4. The van der Waals surface area contributed by atoms with Gasteiger partial charge in [0.1, 0.15) is 28.6 Å². The lowest BCUT2D eigenvalue weighted by atomic mass is 9.95. The van der Waals surface area contributed by atoms with E-state index in [1.807, 2.05) is 58.9 Å². The number of benzene rings is 3. The van der Waals surface area contributed by atoms with Gasteiger partial charge in [-0.2, -0.15) is 0 Å². The van der Waals surface area contributed by atoms with E-state index in [0.717, 1.165) is 5.56 Å². The molecule has 2 N–H and O–H groups in total. The van der Waals surface area contributed by atoms with Crippen LogP contribution in [0.3, 0.4) is 0 Å². The average Bonchev–Trinajstić information content (AvgIpc) is 3.09. The number of aliphatic hydroxyl groups excluding tert-OH is 1. The van der Waals surface area contributed by atoms with Crippen molar-refractivity contribution in [3.8, 4) is 17.2 Å².